The Morgan fingerprint density at radius 1 is 1.06 bits per heavy atom. The summed E-state index contributed by atoms with van der Waals surface area (Å²) in [4.78, 5) is 0. The molecule has 0 aromatic heterocycles. The minimum atomic E-state index is -6.00. The first-order valence-electron chi connectivity index (χ1n) is 5.01. The summed E-state index contributed by atoms with van der Waals surface area (Å²) in [5.74, 6) is 0.688. The molecule has 0 radical (unpaired) electrons. The normalized spacial score (nSPS) is 11.5. The quantitative estimate of drug-likeness (QED) is 0.435. The van der Waals surface area contributed by atoms with Crippen LogP contribution in [0.4, 0.5) is 17.3 Å². The zero-order valence-electron chi connectivity index (χ0n) is 9.59. The lowest BCUT2D eigenvalue weighted by molar-refractivity contribution is -0.557. The van der Waals surface area contributed by atoms with Gasteiger partial charge in [0.2, 0.25) is 0 Å². The van der Waals surface area contributed by atoms with Gasteiger partial charge in [0, 0.05) is 0 Å². The van der Waals surface area contributed by atoms with Crippen molar-refractivity contribution in [2.45, 2.75) is 13.8 Å². The second-order valence-corrected chi connectivity index (χ2v) is 6.05. The van der Waals surface area contributed by atoms with Crippen molar-refractivity contribution < 1.29 is 38.5 Å². The molecule has 17 heavy (non-hydrogen) atoms. The molecule has 96 valence electrons. The molecule has 0 amide bonds. The van der Waals surface area contributed by atoms with Crippen molar-refractivity contribution in [3.63, 3.8) is 0 Å². The van der Waals surface area contributed by atoms with Crippen LogP contribution >= 0.6 is 0 Å². The van der Waals surface area contributed by atoms with Gasteiger partial charge in [-0.2, -0.15) is 0 Å². The predicted molar refractivity (Wildman–Crippen MR) is 59.3 cm³/mol. The highest BCUT2D eigenvalue weighted by Gasteiger charge is 2.20. The van der Waals surface area contributed by atoms with Gasteiger partial charge < -0.3 is 17.3 Å². The highest BCUT2D eigenvalue weighted by atomic mass is 127. The van der Waals surface area contributed by atoms with Gasteiger partial charge in [-0.1, -0.05) is 32.0 Å². The van der Waals surface area contributed by atoms with Crippen molar-refractivity contribution >= 4 is 7.25 Å². The van der Waals surface area contributed by atoms with E-state index in [1.54, 1.807) is 0 Å². The lowest BCUT2D eigenvalue weighted by Gasteiger charge is -1.94. The summed E-state index contributed by atoms with van der Waals surface area (Å²) in [7, 11) is -6.00. The zero-order chi connectivity index (χ0) is 13.3. The Morgan fingerprint density at radius 3 is 1.94 bits per heavy atom. The van der Waals surface area contributed by atoms with E-state index in [0.717, 1.165) is 0 Å². The molecular weight excluding hydrogens is 346 g/mol. The maximum atomic E-state index is 9.75. The number of hydrogen-bond acceptors (Lipinski definition) is 0. The number of halogens is 5. The van der Waals surface area contributed by atoms with Crippen LogP contribution in [0.2, 0.25) is 0 Å². The van der Waals surface area contributed by atoms with Crippen LogP contribution in [0.25, 0.3) is 0 Å². The lowest BCUT2D eigenvalue weighted by Crippen LogP contribution is -3.59. The Bertz CT molecular complexity index is 316. The fourth-order valence-corrected chi connectivity index (χ4v) is 3.03. The number of benzene rings is 1. The fourth-order valence-electron chi connectivity index (χ4n) is 0.742. The van der Waals surface area contributed by atoms with Crippen LogP contribution in [0, 0.1) is 9.49 Å². The molecule has 0 atom stereocenters. The number of hydrogen-bond donors (Lipinski definition) is 0. The molecule has 0 unspecified atom stereocenters. The SMILES string of the molecule is CC(C)/C=C/[I+]c1ccccc1.F[B-](F)(F)F. The highest BCUT2D eigenvalue weighted by Crippen LogP contribution is 2.06. The van der Waals surface area contributed by atoms with Crippen LogP contribution in [0.1, 0.15) is 13.8 Å². The third-order valence-electron chi connectivity index (χ3n) is 1.38. The first-order valence-corrected chi connectivity index (χ1v) is 7.34. The van der Waals surface area contributed by atoms with E-state index in [9.17, 15) is 17.3 Å². The van der Waals surface area contributed by atoms with Crippen LogP contribution in [0.15, 0.2) is 40.5 Å². The summed E-state index contributed by atoms with van der Waals surface area (Å²) in [6.45, 7) is 4.43. The van der Waals surface area contributed by atoms with E-state index in [2.05, 4.69) is 54.3 Å². The summed E-state index contributed by atoms with van der Waals surface area (Å²) in [5.41, 5.74) is 0. The Labute approximate surface area is 109 Å². The molecule has 0 aliphatic heterocycles. The number of rotatable bonds is 3. The van der Waals surface area contributed by atoms with Crippen LogP contribution in [-0.4, -0.2) is 7.25 Å². The molecule has 0 aliphatic carbocycles. The van der Waals surface area contributed by atoms with Crippen molar-refractivity contribution in [1.29, 1.82) is 0 Å². The first kappa shape index (κ1) is 16.5. The number of allylic oxidation sites excluding steroid dienone is 1. The van der Waals surface area contributed by atoms with E-state index in [-0.39, 0.29) is 21.2 Å². The maximum absolute atomic E-state index is 9.75. The Morgan fingerprint density at radius 2 is 1.53 bits per heavy atom. The molecule has 0 bridgehead atoms. The van der Waals surface area contributed by atoms with Gasteiger partial charge in [0.15, 0.2) is 7.65 Å². The molecule has 1 aromatic carbocycles. The second kappa shape index (κ2) is 8.55. The Kier molecular flexibility index (Phi) is 8.28. The second-order valence-electron chi connectivity index (χ2n) is 3.46. The third-order valence-corrected chi connectivity index (χ3v) is 3.59. The van der Waals surface area contributed by atoms with Crippen LogP contribution < -0.4 is 21.2 Å². The third kappa shape index (κ3) is 15.5. The maximum Gasteiger partial charge on any atom is 0.673 e. The topological polar surface area (TPSA) is 0 Å². The summed E-state index contributed by atoms with van der Waals surface area (Å²) >= 11 is 0.113. The Balaban J connectivity index is 0.000000437. The summed E-state index contributed by atoms with van der Waals surface area (Å²) < 4.78 is 42.8. The van der Waals surface area contributed by atoms with E-state index in [1.807, 2.05) is 0 Å². The highest BCUT2D eigenvalue weighted by molar-refractivity contribution is 6.50. The molecule has 1 rings (SSSR count). The average molecular weight is 360 g/mol. The van der Waals surface area contributed by atoms with Gasteiger partial charge in [-0.25, -0.2) is 0 Å². The monoisotopic (exact) mass is 360 g/mol. The lowest BCUT2D eigenvalue weighted by atomic mass is 10.2. The van der Waals surface area contributed by atoms with E-state index in [4.69, 9.17) is 0 Å². The standard InChI is InChI=1S/C11H14I.BF4/c1-10(2)8-9-12-11-6-4-3-5-7-11;2-1(3,4)5/h3-10H,1-2H3;/q+1;-1/b9-8+;. The minimum absolute atomic E-state index is 0.113. The average Bonchev–Trinajstić information content (AvgIpc) is 2.16. The fraction of sp³-hybridized carbons (Fsp3) is 0.273. The molecule has 0 heterocycles. The summed E-state index contributed by atoms with van der Waals surface area (Å²) in [6, 6.07) is 10.7. The molecule has 0 fully saturated rings. The molecular formula is C11H14BF4I. The van der Waals surface area contributed by atoms with Crippen molar-refractivity contribution in [3.8, 4) is 0 Å². The van der Waals surface area contributed by atoms with Crippen molar-refractivity contribution in [3.05, 3.63) is 44.1 Å². The van der Waals surface area contributed by atoms with Gasteiger partial charge in [-0.15, -0.1) is 0 Å². The largest absolute Gasteiger partial charge is 0.673 e. The molecule has 0 N–H and O–H groups in total. The molecule has 0 spiro atoms. The smallest absolute Gasteiger partial charge is 0.418 e. The van der Waals surface area contributed by atoms with E-state index in [1.165, 1.54) is 3.57 Å². The van der Waals surface area contributed by atoms with E-state index in [0.29, 0.717) is 5.92 Å². The molecule has 1 aromatic rings. The van der Waals surface area contributed by atoms with Gasteiger partial charge in [0.1, 0.15) is 0 Å². The molecule has 0 saturated heterocycles. The van der Waals surface area contributed by atoms with Crippen LogP contribution in [-0.2, 0) is 0 Å². The molecule has 0 nitrogen and oxygen atoms in total. The van der Waals surface area contributed by atoms with Crippen molar-refractivity contribution in [2.75, 3.05) is 0 Å². The van der Waals surface area contributed by atoms with E-state index >= 15 is 0 Å². The van der Waals surface area contributed by atoms with Gasteiger partial charge in [0.25, 0.3) is 0 Å². The summed E-state index contributed by atoms with van der Waals surface area (Å²) in [5, 5.41) is 0. The summed E-state index contributed by atoms with van der Waals surface area (Å²) in [6.07, 6.45) is 2.29. The van der Waals surface area contributed by atoms with Crippen molar-refractivity contribution in [2.24, 2.45) is 5.92 Å². The van der Waals surface area contributed by atoms with Gasteiger partial charge in [0.05, 0.1) is 0 Å². The molecule has 0 saturated carbocycles. The van der Waals surface area contributed by atoms with Gasteiger partial charge in [-0.3, -0.25) is 0 Å². The van der Waals surface area contributed by atoms with Gasteiger partial charge in [-0.05, 0) is 24.1 Å². The first-order chi connectivity index (χ1) is 7.79. The molecule has 0 aliphatic rings. The molecule has 6 heteroatoms. The van der Waals surface area contributed by atoms with Crippen LogP contribution in [0.5, 0.6) is 0 Å². The predicted octanol–water partition coefficient (Wildman–Crippen LogP) is 1.41. The van der Waals surface area contributed by atoms with Crippen LogP contribution in [0.3, 0.4) is 0 Å². The minimum Gasteiger partial charge on any atom is -0.418 e. The van der Waals surface area contributed by atoms with Gasteiger partial charge >= 0.3 is 28.5 Å². The van der Waals surface area contributed by atoms with E-state index < -0.39 is 7.25 Å². The zero-order valence-corrected chi connectivity index (χ0v) is 11.7. The Hall–Kier alpha value is -0.525. The van der Waals surface area contributed by atoms with Crippen molar-refractivity contribution in [1.82, 2.24) is 0 Å².